The molecule has 4 nitrogen and oxygen atoms in total. The van der Waals surface area contributed by atoms with Crippen LogP contribution in [0.3, 0.4) is 0 Å². The number of amides is 1. The maximum atomic E-state index is 12.1. The van der Waals surface area contributed by atoms with Gasteiger partial charge in [0, 0.05) is 6.04 Å². The van der Waals surface area contributed by atoms with Crippen LogP contribution >= 0.6 is 0 Å². The van der Waals surface area contributed by atoms with Gasteiger partial charge in [-0.1, -0.05) is 19.9 Å². The molecule has 4 heteroatoms. The lowest BCUT2D eigenvalue weighted by molar-refractivity contribution is 0.0934. The Bertz CT molecular complexity index is 456. The molecule has 2 N–H and O–H groups in total. The van der Waals surface area contributed by atoms with Gasteiger partial charge in [0.25, 0.3) is 5.91 Å². The first-order valence-corrected chi connectivity index (χ1v) is 7.80. The fourth-order valence-corrected chi connectivity index (χ4v) is 2.37. The highest BCUT2D eigenvalue weighted by Crippen LogP contribution is 2.18. The Hall–Kier alpha value is -1.55. The molecular weight excluding hydrogens is 264 g/mol. The van der Waals surface area contributed by atoms with Crippen LogP contribution in [0.4, 0.5) is 0 Å². The summed E-state index contributed by atoms with van der Waals surface area (Å²) in [5.74, 6) is -0.161. The molecule has 1 aromatic carbocycles. The Morgan fingerprint density at radius 1 is 1.33 bits per heavy atom. The van der Waals surface area contributed by atoms with Crippen LogP contribution < -0.4 is 5.32 Å². The van der Waals surface area contributed by atoms with Gasteiger partial charge in [-0.3, -0.25) is 4.79 Å². The summed E-state index contributed by atoms with van der Waals surface area (Å²) in [6, 6.07) is 5.22. The maximum Gasteiger partial charge on any atom is 0.255 e. The molecular formula is C17H28N2O2. The molecule has 1 unspecified atom stereocenters. The van der Waals surface area contributed by atoms with Gasteiger partial charge in [0.05, 0.1) is 5.56 Å². The van der Waals surface area contributed by atoms with E-state index in [0.29, 0.717) is 5.56 Å². The van der Waals surface area contributed by atoms with Crippen molar-refractivity contribution in [3.05, 3.63) is 29.3 Å². The smallest absolute Gasteiger partial charge is 0.255 e. The molecule has 1 rings (SSSR count). The summed E-state index contributed by atoms with van der Waals surface area (Å²) in [5, 5.41) is 12.8. The van der Waals surface area contributed by atoms with Gasteiger partial charge in [0.1, 0.15) is 5.75 Å². The van der Waals surface area contributed by atoms with Gasteiger partial charge < -0.3 is 15.3 Å². The highest BCUT2D eigenvalue weighted by atomic mass is 16.3. The maximum absolute atomic E-state index is 12.1. The Morgan fingerprint density at radius 2 is 2.00 bits per heavy atom. The van der Waals surface area contributed by atoms with Crippen LogP contribution in [0.2, 0.25) is 0 Å². The van der Waals surface area contributed by atoms with Crippen LogP contribution in [0.25, 0.3) is 0 Å². The van der Waals surface area contributed by atoms with Crippen LogP contribution in [-0.2, 0) is 0 Å². The Morgan fingerprint density at radius 3 is 2.57 bits per heavy atom. The first kappa shape index (κ1) is 17.5. The third-order valence-corrected chi connectivity index (χ3v) is 3.78. The van der Waals surface area contributed by atoms with E-state index < -0.39 is 0 Å². The van der Waals surface area contributed by atoms with Crippen molar-refractivity contribution in [2.24, 2.45) is 0 Å². The van der Waals surface area contributed by atoms with Crippen molar-refractivity contribution < 1.29 is 9.90 Å². The van der Waals surface area contributed by atoms with Gasteiger partial charge in [-0.25, -0.2) is 0 Å². The summed E-state index contributed by atoms with van der Waals surface area (Å²) in [4.78, 5) is 14.5. The van der Waals surface area contributed by atoms with Crippen LogP contribution in [0.15, 0.2) is 18.2 Å². The number of rotatable bonds is 8. The topological polar surface area (TPSA) is 52.6 Å². The number of benzene rings is 1. The molecule has 0 aliphatic heterocycles. The molecule has 0 spiro atoms. The van der Waals surface area contributed by atoms with Crippen molar-refractivity contribution in [3.63, 3.8) is 0 Å². The van der Waals surface area contributed by atoms with Crippen molar-refractivity contribution in [2.75, 3.05) is 19.6 Å². The molecule has 21 heavy (non-hydrogen) atoms. The van der Waals surface area contributed by atoms with E-state index in [0.717, 1.165) is 38.0 Å². The molecule has 0 saturated carbocycles. The fourth-order valence-electron chi connectivity index (χ4n) is 2.37. The molecule has 118 valence electrons. The number of hydrogen-bond acceptors (Lipinski definition) is 3. The highest BCUT2D eigenvalue weighted by molar-refractivity contribution is 5.97. The minimum Gasteiger partial charge on any atom is -0.507 e. The van der Waals surface area contributed by atoms with E-state index in [-0.39, 0.29) is 17.7 Å². The Labute approximate surface area is 128 Å². The normalized spacial score (nSPS) is 12.4. The largest absolute Gasteiger partial charge is 0.507 e. The first-order chi connectivity index (χ1) is 9.97. The second-order valence-electron chi connectivity index (χ2n) is 5.56. The third kappa shape index (κ3) is 5.76. The number of phenols is 1. The summed E-state index contributed by atoms with van der Waals surface area (Å²) in [6.45, 7) is 11.4. The molecule has 0 aromatic heterocycles. The highest BCUT2D eigenvalue weighted by Gasteiger charge is 2.13. The number of carbonyl (C=O) groups excluding carboxylic acids is 1. The van der Waals surface area contributed by atoms with Crippen molar-refractivity contribution in [2.45, 2.75) is 46.6 Å². The molecule has 1 atom stereocenters. The molecule has 1 aromatic rings. The van der Waals surface area contributed by atoms with E-state index in [4.69, 9.17) is 0 Å². The van der Waals surface area contributed by atoms with E-state index in [1.165, 1.54) is 0 Å². The van der Waals surface area contributed by atoms with Gasteiger partial charge >= 0.3 is 0 Å². The molecule has 0 saturated heterocycles. The van der Waals surface area contributed by atoms with Gasteiger partial charge in [-0.2, -0.15) is 0 Å². The van der Waals surface area contributed by atoms with Crippen LogP contribution in [0.1, 0.15) is 49.5 Å². The van der Waals surface area contributed by atoms with E-state index in [1.807, 2.05) is 19.9 Å². The number of carbonyl (C=O) groups is 1. The summed E-state index contributed by atoms with van der Waals surface area (Å²) < 4.78 is 0. The van der Waals surface area contributed by atoms with Gasteiger partial charge in [-0.05, 0) is 64.0 Å². The van der Waals surface area contributed by atoms with Gasteiger partial charge in [-0.15, -0.1) is 0 Å². The number of hydrogen-bond donors (Lipinski definition) is 2. The summed E-state index contributed by atoms with van der Waals surface area (Å²) in [6.07, 6.45) is 2.00. The van der Waals surface area contributed by atoms with Crippen molar-refractivity contribution in [3.8, 4) is 5.75 Å². The zero-order chi connectivity index (χ0) is 15.8. The van der Waals surface area contributed by atoms with Gasteiger partial charge in [0.15, 0.2) is 0 Å². The molecule has 0 fully saturated rings. The predicted octanol–water partition coefficient (Wildman–Crippen LogP) is 2.94. The molecule has 0 bridgehead atoms. The summed E-state index contributed by atoms with van der Waals surface area (Å²) in [7, 11) is 0. The monoisotopic (exact) mass is 292 g/mol. The van der Waals surface area contributed by atoms with E-state index in [2.05, 4.69) is 24.1 Å². The first-order valence-electron chi connectivity index (χ1n) is 7.80. The quantitative estimate of drug-likeness (QED) is 0.774. The minimum atomic E-state index is -0.206. The molecule has 0 aliphatic carbocycles. The SMILES string of the molecule is CCN(CC)CCCC(C)NC(=O)c1ccc(C)cc1O. The average Bonchev–Trinajstić information content (AvgIpc) is 2.43. The second-order valence-corrected chi connectivity index (χ2v) is 5.56. The van der Waals surface area contributed by atoms with Crippen LogP contribution in [0.5, 0.6) is 5.75 Å². The Kier molecular flexibility index (Phi) is 7.23. The second kappa shape index (κ2) is 8.67. The van der Waals surface area contributed by atoms with E-state index in [1.54, 1.807) is 12.1 Å². The summed E-state index contributed by atoms with van der Waals surface area (Å²) >= 11 is 0. The number of phenolic OH excluding ortho intramolecular Hbond substituents is 1. The molecule has 0 aliphatic rings. The fraction of sp³-hybridized carbons (Fsp3) is 0.588. The molecule has 0 radical (unpaired) electrons. The van der Waals surface area contributed by atoms with E-state index >= 15 is 0 Å². The standard InChI is InChI=1S/C17H28N2O2/c1-5-19(6-2)11-7-8-14(4)18-17(21)15-10-9-13(3)12-16(15)20/h9-10,12,14,20H,5-8,11H2,1-4H3,(H,18,21). The lowest BCUT2D eigenvalue weighted by Gasteiger charge is -2.20. The lowest BCUT2D eigenvalue weighted by atomic mass is 10.1. The van der Waals surface area contributed by atoms with Gasteiger partial charge in [0.2, 0.25) is 0 Å². The Balaban J connectivity index is 2.43. The molecule has 0 heterocycles. The summed E-state index contributed by atoms with van der Waals surface area (Å²) in [5.41, 5.74) is 1.28. The zero-order valence-corrected chi connectivity index (χ0v) is 13.6. The number of nitrogens with zero attached hydrogens (tertiary/aromatic N) is 1. The van der Waals surface area contributed by atoms with Crippen molar-refractivity contribution in [1.29, 1.82) is 0 Å². The van der Waals surface area contributed by atoms with Crippen LogP contribution in [-0.4, -0.2) is 41.6 Å². The minimum absolute atomic E-state index is 0.0443. The average molecular weight is 292 g/mol. The number of aromatic hydroxyl groups is 1. The lowest BCUT2D eigenvalue weighted by Crippen LogP contribution is -2.33. The van der Waals surface area contributed by atoms with Crippen molar-refractivity contribution in [1.82, 2.24) is 10.2 Å². The van der Waals surface area contributed by atoms with Crippen molar-refractivity contribution >= 4 is 5.91 Å². The zero-order valence-electron chi connectivity index (χ0n) is 13.6. The van der Waals surface area contributed by atoms with Crippen LogP contribution in [0, 0.1) is 6.92 Å². The van der Waals surface area contributed by atoms with E-state index in [9.17, 15) is 9.90 Å². The third-order valence-electron chi connectivity index (χ3n) is 3.78. The molecule has 1 amide bonds. The number of aryl methyl sites for hydroxylation is 1. The number of nitrogens with one attached hydrogen (secondary N) is 1. The predicted molar refractivity (Wildman–Crippen MR) is 86.8 cm³/mol.